The molecule has 2 aromatic carbocycles. The molecule has 0 fully saturated rings. The second-order valence-electron chi connectivity index (χ2n) is 7.36. The molecule has 0 saturated heterocycles. The van der Waals surface area contributed by atoms with Crippen molar-refractivity contribution in [2.75, 3.05) is 37.4 Å². The van der Waals surface area contributed by atoms with E-state index in [2.05, 4.69) is 10.6 Å². The van der Waals surface area contributed by atoms with Crippen LogP contribution in [0.5, 0.6) is 0 Å². The summed E-state index contributed by atoms with van der Waals surface area (Å²) in [5, 5.41) is 14.4. The van der Waals surface area contributed by atoms with E-state index in [-0.39, 0.29) is 42.6 Å². The first-order valence-electron chi connectivity index (χ1n) is 10.0. The van der Waals surface area contributed by atoms with Gasteiger partial charge in [0.1, 0.15) is 10.6 Å². The molecular formula is C22H23N3O8S. The van der Waals surface area contributed by atoms with Crippen molar-refractivity contribution in [3.05, 3.63) is 53.7 Å². The number of ether oxygens (including phenoxy) is 1. The zero-order valence-corrected chi connectivity index (χ0v) is 19.2. The number of aliphatic hydroxyl groups is 1. The van der Waals surface area contributed by atoms with E-state index in [1.807, 2.05) is 0 Å². The van der Waals surface area contributed by atoms with Gasteiger partial charge in [-0.05, 0) is 35.4 Å². The van der Waals surface area contributed by atoms with Crippen LogP contribution in [0.25, 0.3) is 11.1 Å². The summed E-state index contributed by atoms with van der Waals surface area (Å²) in [5.41, 5.74) is 1.22. The van der Waals surface area contributed by atoms with E-state index in [1.165, 1.54) is 24.0 Å². The van der Waals surface area contributed by atoms with Crippen molar-refractivity contribution in [3.8, 4) is 11.1 Å². The number of nitrogens with one attached hydrogen (secondary N) is 2. The normalized spacial score (nSPS) is 13.8. The molecule has 2 aromatic rings. The maximum absolute atomic E-state index is 12.7. The Labute approximate surface area is 195 Å². The molecule has 1 heterocycles. The smallest absolute Gasteiger partial charge is 0.337 e. The Morgan fingerprint density at radius 1 is 1.12 bits per heavy atom. The van der Waals surface area contributed by atoms with Gasteiger partial charge in [-0.3, -0.25) is 14.1 Å². The van der Waals surface area contributed by atoms with Crippen LogP contribution in [0.2, 0.25) is 0 Å². The Bertz CT molecular complexity index is 1270. The zero-order valence-electron chi connectivity index (χ0n) is 18.4. The number of methoxy groups -OCH3 is 1. The first-order chi connectivity index (χ1) is 16.0. The van der Waals surface area contributed by atoms with E-state index in [1.54, 1.807) is 30.3 Å². The minimum Gasteiger partial charge on any atom is -0.466 e. The van der Waals surface area contributed by atoms with Gasteiger partial charge in [0.05, 0.1) is 31.5 Å². The fourth-order valence-electron chi connectivity index (χ4n) is 3.45. The molecule has 0 atom stereocenters. The van der Waals surface area contributed by atoms with Crippen LogP contribution in [0.4, 0.5) is 11.4 Å². The van der Waals surface area contributed by atoms with E-state index >= 15 is 0 Å². The minimum atomic E-state index is -4.74. The Morgan fingerprint density at radius 3 is 2.32 bits per heavy atom. The number of amides is 2. The summed E-state index contributed by atoms with van der Waals surface area (Å²) in [5.74, 6) is -1.66. The molecule has 0 unspecified atom stereocenters. The van der Waals surface area contributed by atoms with E-state index in [9.17, 15) is 32.5 Å². The number of anilines is 2. The highest BCUT2D eigenvalue weighted by molar-refractivity contribution is 7.86. The van der Waals surface area contributed by atoms with Gasteiger partial charge in [-0.15, -0.1) is 0 Å². The van der Waals surface area contributed by atoms with Crippen LogP contribution >= 0.6 is 0 Å². The highest BCUT2D eigenvalue weighted by Gasteiger charge is 2.35. The molecule has 3 rings (SSSR count). The number of carbonyl (C=O) groups excluding carboxylic acids is 3. The summed E-state index contributed by atoms with van der Waals surface area (Å²) in [4.78, 5) is 36.8. The molecule has 11 nitrogen and oxygen atoms in total. The van der Waals surface area contributed by atoms with Crippen molar-refractivity contribution < 1.29 is 37.2 Å². The Hall–Kier alpha value is -3.74. The lowest BCUT2D eigenvalue weighted by Gasteiger charge is -2.16. The first-order valence-corrected chi connectivity index (χ1v) is 11.5. The number of β-amino-alcohol motifs (C(OH)–C–C–N with tert-alkyl or cyclic N) is 1. The molecule has 34 heavy (non-hydrogen) atoms. The topological polar surface area (TPSA) is 162 Å². The van der Waals surface area contributed by atoms with E-state index < -0.39 is 26.9 Å². The summed E-state index contributed by atoms with van der Waals surface area (Å²) in [6.07, 6.45) is 0. The summed E-state index contributed by atoms with van der Waals surface area (Å²) in [7, 11) is -3.60. The van der Waals surface area contributed by atoms with Crippen LogP contribution in [-0.4, -0.2) is 67.6 Å². The van der Waals surface area contributed by atoms with Crippen LogP contribution in [0.3, 0.4) is 0 Å². The predicted octanol–water partition coefficient (Wildman–Crippen LogP) is 1.23. The third kappa shape index (κ3) is 5.42. The molecule has 0 aliphatic carbocycles. The van der Waals surface area contributed by atoms with Crippen molar-refractivity contribution in [1.29, 1.82) is 0 Å². The Balaban J connectivity index is 2.01. The van der Waals surface area contributed by atoms with Gasteiger partial charge in [0.15, 0.2) is 0 Å². The third-order valence-corrected chi connectivity index (χ3v) is 5.90. The van der Waals surface area contributed by atoms with Crippen LogP contribution in [-0.2, 0) is 29.2 Å². The van der Waals surface area contributed by atoms with Gasteiger partial charge in [0.25, 0.3) is 16.0 Å². The average Bonchev–Trinajstić information content (AvgIpc) is 3.08. The molecule has 0 aromatic heterocycles. The lowest BCUT2D eigenvalue weighted by Crippen LogP contribution is -2.31. The summed E-state index contributed by atoms with van der Waals surface area (Å²) < 4.78 is 38.8. The van der Waals surface area contributed by atoms with Crippen LogP contribution < -0.4 is 10.6 Å². The highest BCUT2D eigenvalue weighted by Crippen LogP contribution is 2.32. The average molecular weight is 490 g/mol. The molecule has 12 heteroatoms. The number of hydrogen-bond acceptors (Lipinski definition) is 8. The second kappa shape index (κ2) is 10.0. The lowest BCUT2D eigenvalue weighted by molar-refractivity contribution is -0.136. The monoisotopic (exact) mass is 489 g/mol. The molecule has 0 bridgehead atoms. The van der Waals surface area contributed by atoms with Crippen molar-refractivity contribution in [3.63, 3.8) is 0 Å². The molecule has 0 spiro atoms. The fourth-order valence-corrected chi connectivity index (χ4v) is 4.12. The van der Waals surface area contributed by atoms with Gasteiger partial charge in [-0.1, -0.05) is 18.2 Å². The highest BCUT2D eigenvalue weighted by atomic mass is 32.2. The van der Waals surface area contributed by atoms with Crippen LogP contribution in [0.1, 0.15) is 6.92 Å². The second-order valence-corrected chi connectivity index (χ2v) is 8.75. The molecular weight excluding hydrogens is 466 g/mol. The molecule has 1 aliphatic rings. The van der Waals surface area contributed by atoms with Gasteiger partial charge >= 0.3 is 5.97 Å². The largest absolute Gasteiger partial charge is 0.466 e. The van der Waals surface area contributed by atoms with Crippen LogP contribution in [0.15, 0.2) is 58.6 Å². The molecule has 0 saturated carbocycles. The van der Waals surface area contributed by atoms with E-state index in [4.69, 9.17) is 4.74 Å². The number of benzene rings is 2. The molecule has 1 aliphatic heterocycles. The first kappa shape index (κ1) is 24.9. The van der Waals surface area contributed by atoms with Crippen LogP contribution in [0, 0.1) is 0 Å². The number of aliphatic hydroxyl groups excluding tert-OH is 1. The maximum Gasteiger partial charge on any atom is 0.337 e. The number of carbonyl (C=O) groups is 3. The number of esters is 1. The molecule has 0 radical (unpaired) electrons. The Morgan fingerprint density at radius 2 is 1.76 bits per heavy atom. The third-order valence-electron chi connectivity index (χ3n) is 5.01. The summed E-state index contributed by atoms with van der Waals surface area (Å²) in [6, 6.07) is 10.7. The molecule has 180 valence electrons. The molecule has 2 amide bonds. The Kier molecular flexibility index (Phi) is 7.35. The van der Waals surface area contributed by atoms with Gasteiger partial charge in [-0.25, -0.2) is 4.79 Å². The zero-order chi connectivity index (χ0) is 25.0. The SMILES string of the molecule is COC(=O)C1=C(Nc2ccc(-c3ccc(NC(C)=O)cc3)cc2S(=O)(=O)O)C(=O)N(CCO)C1. The molecule has 4 N–H and O–H groups in total. The number of hydrogen-bond donors (Lipinski definition) is 4. The van der Waals surface area contributed by atoms with Crippen molar-refractivity contribution in [1.82, 2.24) is 4.90 Å². The maximum atomic E-state index is 12.7. The summed E-state index contributed by atoms with van der Waals surface area (Å²) in [6.45, 7) is 0.869. The van der Waals surface area contributed by atoms with Crippen molar-refractivity contribution in [2.24, 2.45) is 0 Å². The number of nitrogens with zero attached hydrogens (tertiary/aromatic N) is 1. The standard InChI is InChI=1S/C22H23N3O8S/c1-13(27)23-16-6-3-14(4-7-16)15-5-8-18(19(11-15)34(30,31)32)24-20-17(22(29)33-2)12-25(9-10-26)21(20)28/h3-8,11,24,26H,9-10,12H2,1-2H3,(H,23,27)(H,30,31,32). The van der Waals surface area contributed by atoms with Crippen molar-refractivity contribution >= 4 is 39.3 Å². The number of rotatable bonds is 8. The lowest BCUT2D eigenvalue weighted by atomic mass is 10.0. The van der Waals surface area contributed by atoms with Crippen molar-refractivity contribution in [2.45, 2.75) is 11.8 Å². The van der Waals surface area contributed by atoms with Gasteiger partial charge < -0.3 is 25.4 Å². The fraction of sp³-hybridized carbons (Fsp3) is 0.227. The van der Waals surface area contributed by atoms with Gasteiger partial charge in [0, 0.05) is 19.2 Å². The van der Waals surface area contributed by atoms with E-state index in [0.717, 1.165) is 7.11 Å². The minimum absolute atomic E-state index is 0.0386. The quantitative estimate of drug-likeness (QED) is 0.315. The predicted molar refractivity (Wildman–Crippen MR) is 122 cm³/mol. The van der Waals surface area contributed by atoms with E-state index in [0.29, 0.717) is 16.8 Å². The van der Waals surface area contributed by atoms with Gasteiger partial charge in [0.2, 0.25) is 5.91 Å². The summed E-state index contributed by atoms with van der Waals surface area (Å²) >= 11 is 0. The van der Waals surface area contributed by atoms with Gasteiger partial charge in [-0.2, -0.15) is 8.42 Å².